The molecular formula is C16H19N3O2. The summed E-state index contributed by atoms with van der Waals surface area (Å²) >= 11 is 0. The molecule has 0 aliphatic heterocycles. The Morgan fingerprint density at radius 1 is 1.29 bits per heavy atom. The highest BCUT2D eigenvalue weighted by atomic mass is 16.5. The molecule has 5 nitrogen and oxygen atoms in total. The van der Waals surface area contributed by atoms with Gasteiger partial charge in [-0.1, -0.05) is 12.1 Å². The van der Waals surface area contributed by atoms with E-state index in [1.807, 2.05) is 54.9 Å². The largest absolute Gasteiger partial charge is 0.497 e. The molecule has 21 heavy (non-hydrogen) atoms. The van der Waals surface area contributed by atoms with Crippen molar-refractivity contribution >= 4 is 12.1 Å². The van der Waals surface area contributed by atoms with Crippen LogP contribution in [0.3, 0.4) is 0 Å². The molecule has 0 fully saturated rings. The van der Waals surface area contributed by atoms with Gasteiger partial charge in [-0.25, -0.2) is 5.43 Å². The van der Waals surface area contributed by atoms with E-state index < -0.39 is 0 Å². The standard InChI is InChI=1S/C16H19N3O2/c1-12-4-7-14(19(12)2)11-17-18-16(20)10-13-5-8-15(21-3)9-6-13/h4-9,11H,10H2,1-3H3,(H,18,20)/b17-11-. The quantitative estimate of drug-likeness (QED) is 0.675. The first-order valence-corrected chi connectivity index (χ1v) is 6.67. The molecule has 0 unspecified atom stereocenters. The number of carbonyl (C=O) groups excluding carboxylic acids is 1. The predicted octanol–water partition coefficient (Wildman–Crippen LogP) is 2.03. The first-order chi connectivity index (χ1) is 10.1. The number of amides is 1. The number of nitrogens with zero attached hydrogens (tertiary/aromatic N) is 2. The van der Waals surface area contributed by atoms with Crippen LogP contribution < -0.4 is 10.2 Å². The van der Waals surface area contributed by atoms with Crippen LogP contribution in [-0.2, 0) is 18.3 Å². The number of rotatable bonds is 5. The monoisotopic (exact) mass is 285 g/mol. The minimum absolute atomic E-state index is 0.151. The number of hydrogen-bond acceptors (Lipinski definition) is 3. The van der Waals surface area contributed by atoms with Crippen molar-refractivity contribution < 1.29 is 9.53 Å². The van der Waals surface area contributed by atoms with E-state index in [1.54, 1.807) is 13.3 Å². The van der Waals surface area contributed by atoms with Crippen LogP contribution in [0.25, 0.3) is 0 Å². The second-order valence-corrected chi connectivity index (χ2v) is 4.78. The average molecular weight is 285 g/mol. The zero-order chi connectivity index (χ0) is 15.2. The Morgan fingerprint density at radius 2 is 2.00 bits per heavy atom. The molecule has 110 valence electrons. The van der Waals surface area contributed by atoms with Crippen LogP contribution in [0, 0.1) is 6.92 Å². The molecule has 0 aliphatic carbocycles. The van der Waals surface area contributed by atoms with Crippen molar-refractivity contribution in [1.29, 1.82) is 0 Å². The summed E-state index contributed by atoms with van der Waals surface area (Å²) in [5.74, 6) is 0.624. The van der Waals surface area contributed by atoms with E-state index in [2.05, 4.69) is 10.5 Å². The van der Waals surface area contributed by atoms with E-state index in [0.29, 0.717) is 0 Å². The number of hydrazone groups is 1. The normalized spacial score (nSPS) is 10.8. The van der Waals surface area contributed by atoms with Gasteiger partial charge >= 0.3 is 0 Å². The summed E-state index contributed by atoms with van der Waals surface area (Å²) in [7, 11) is 3.57. The van der Waals surface area contributed by atoms with Crippen molar-refractivity contribution in [2.45, 2.75) is 13.3 Å². The van der Waals surface area contributed by atoms with E-state index >= 15 is 0 Å². The van der Waals surface area contributed by atoms with E-state index in [-0.39, 0.29) is 12.3 Å². The van der Waals surface area contributed by atoms with Crippen LogP contribution in [-0.4, -0.2) is 23.8 Å². The summed E-state index contributed by atoms with van der Waals surface area (Å²) in [5.41, 5.74) is 5.53. The number of carbonyl (C=O) groups is 1. The van der Waals surface area contributed by atoms with E-state index in [9.17, 15) is 4.79 Å². The molecule has 0 saturated heterocycles. The molecule has 5 heteroatoms. The molecule has 1 aromatic heterocycles. The molecule has 0 atom stereocenters. The van der Waals surface area contributed by atoms with Crippen LogP contribution in [0.4, 0.5) is 0 Å². The molecule has 2 aromatic rings. The molecule has 0 radical (unpaired) electrons. The van der Waals surface area contributed by atoms with Gasteiger partial charge in [-0.3, -0.25) is 4.79 Å². The maximum absolute atomic E-state index is 11.8. The van der Waals surface area contributed by atoms with Gasteiger partial charge in [-0.05, 0) is 36.8 Å². The van der Waals surface area contributed by atoms with Crippen molar-refractivity contribution in [3.63, 3.8) is 0 Å². The number of ether oxygens (including phenoxy) is 1. The summed E-state index contributed by atoms with van der Waals surface area (Å²) < 4.78 is 7.07. The van der Waals surface area contributed by atoms with E-state index in [1.165, 1.54) is 0 Å². The zero-order valence-corrected chi connectivity index (χ0v) is 12.5. The van der Waals surface area contributed by atoms with Gasteiger partial charge in [0.2, 0.25) is 5.91 Å². The number of aryl methyl sites for hydroxylation is 1. The molecule has 2 rings (SSSR count). The molecular weight excluding hydrogens is 266 g/mol. The van der Waals surface area contributed by atoms with Crippen LogP contribution in [0.2, 0.25) is 0 Å². The predicted molar refractivity (Wildman–Crippen MR) is 82.6 cm³/mol. The zero-order valence-electron chi connectivity index (χ0n) is 12.5. The molecule has 0 spiro atoms. The second-order valence-electron chi connectivity index (χ2n) is 4.78. The summed E-state index contributed by atoms with van der Waals surface area (Å²) in [6.07, 6.45) is 1.92. The van der Waals surface area contributed by atoms with Gasteiger partial charge < -0.3 is 9.30 Å². The fourth-order valence-corrected chi connectivity index (χ4v) is 1.90. The van der Waals surface area contributed by atoms with Crippen LogP contribution in [0.5, 0.6) is 5.75 Å². The number of aromatic nitrogens is 1. The number of hydrogen-bond donors (Lipinski definition) is 1. The number of benzene rings is 1. The minimum Gasteiger partial charge on any atom is -0.497 e. The Kier molecular flexibility index (Phi) is 4.77. The summed E-state index contributed by atoms with van der Waals surface area (Å²) in [5, 5.41) is 3.98. The maximum atomic E-state index is 11.8. The van der Waals surface area contributed by atoms with Crippen LogP contribution in [0.15, 0.2) is 41.5 Å². The summed E-state index contributed by atoms with van der Waals surface area (Å²) in [6.45, 7) is 2.01. The topological polar surface area (TPSA) is 55.6 Å². The fourth-order valence-electron chi connectivity index (χ4n) is 1.90. The van der Waals surface area contributed by atoms with Gasteiger partial charge in [-0.15, -0.1) is 0 Å². The van der Waals surface area contributed by atoms with Gasteiger partial charge in [0.25, 0.3) is 0 Å². The lowest BCUT2D eigenvalue weighted by Crippen LogP contribution is -2.19. The molecule has 0 saturated carbocycles. The third-order valence-corrected chi connectivity index (χ3v) is 3.32. The number of methoxy groups -OCH3 is 1. The van der Waals surface area contributed by atoms with Crippen molar-refractivity contribution in [2.75, 3.05) is 7.11 Å². The molecule has 1 aromatic carbocycles. The SMILES string of the molecule is COc1ccc(CC(=O)N/N=C\c2ccc(C)n2C)cc1. The highest BCUT2D eigenvalue weighted by molar-refractivity contribution is 5.82. The third kappa shape index (κ3) is 3.95. The first-order valence-electron chi connectivity index (χ1n) is 6.67. The lowest BCUT2D eigenvalue weighted by molar-refractivity contribution is -0.120. The Labute approximate surface area is 124 Å². The van der Waals surface area contributed by atoms with Gasteiger partial charge in [0, 0.05) is 12.7 Å². The maximum Gasteiger partial charge on any atom is 0.244 e. The Hall–Kier alpha value is -2.56. The molecule has 1 N–H and O–H groups in total. The summed E-state index contributed by atoms with van der Waals surface area (Å²) in [4.78, 5) is 11.8. The van der Waals surface area contributed by atoms with Crippen molar-refractivity contribution in [3.05, 3.63) is 53.3 Å². The second kappa shape index (κ2) is 6.74. The highest BCUT2D eigenvalue weighted by Gasteiger charge is 2.03. The van der Waals surface area contributed by atoms with Crippen LogP contribution >= 0.6 is 0 Å². The fraction of sp³-hybridized carbons (Fsp3) is 0.250. The minimum atomic E-state index is -0.151. The molecule has 0 aliphatic rings. The smallest absolute Gasteiger partial charge is 0.244 e. The Bertz CT molecular complexity index is 642. The highest BCUT2D eigenvalue weighted by Crippen LogP contribution is 2.11. The summed E-state index contributed by atoms with van der Waals surface area (Å²) in [6, 6.07) is 11.3. The lowest BCUT2D eigenvalue weighted by Gasteiger charge is -2.03. The Morgan fingerprint density at radius 3 is 2.57 bits per heavy atom. The van der Waals surface area contributed by atoms with Gasteiger partial charge in [0.1, 0.15) is 5.75 Å². The van der Waals surface area contributed by atoms with Crippen LogP contribution in [0.1, 0.15) is 17.0 Å². The average Bonchev–Trinajstić information content (AvgIpc) is 2.80. The van der Waals surface area contributed by atoms with Crippen molar-refractivity contribution in [3.8, 4) is 5.75 Å². The number of nitrogens with one attached hydrogen (secondary N) is 1. The van der Waals surface area contributed by atoms with Gasteiger partial charge in [0.15, 0.2) is 0 Å². The molecule has 0 bridgehead atoms. The molecule has 1 heterocycles. The van der Waals surface area contributed by atoms with Gasteiger partial charge in [-0.2, -0.15) is 5.10 Å². The van der Waals surface area contributed by atoms with Gasteiger partial charge in [0.05, 0.1) is 25.4 Å². The first kappa shape index (κ1) is 14.8. The lowest BCUT2D eigenvalue weighted by atomic mass is 10.1. The molecule has 1 amide bonds. The Balaban J connectivity index is 1.88. The van der Waals surface area contributed by atoms with Crippen molar-refractivity contribution in [2.24, 2.45) is 12.1 Å². The van der Waals surface area contributed by atoms with Crippen molar-refractivity contribution in [1.82, 2.24) is 9.99 Å². The van der Waals surface area contributed by atoms with E-state index in [4.69, 9.17) is 4.74 Å². The third-order valence-electron chi connectivity index (χ3n) is 3.32. The van der Waals surface area contributed by atoms with E-state index in [0.717, 1.165) is 22.7 Å².